The van der Waals surface area contributed by atoms with E-state index in [0.717, 1.165) is 0 Å². The molecule has 1 aromatic carbocycles. The molecular formula is C21H19NO8. The summed E-state index contributed by atoms with van der Waals surface area (Å²) in [5.74, 6) is -7.18. The van der Waals surface area contributed by atoms with Gasteiger partial charge in [0.1, 0.15) is 22.8 Å². The number of rotatable bonds is 2. The van der Waals surface area contributed by atoms with Crippen LogP contribution in [0.2, 0.25) is 0 Å². The molecular weight excluding hydrogens is 394 g/mol. The highest BCUT2D eigenvalue weighted by Crippen LogP contribution is 2.52. The predicted octanol–water partition coefficient (Wildman–Crippen LogP) is 0.627. The first-order valence-electron chi connectivity index (χ1n) is 9.33. The summed E-state index contributed by atoms with van der Waals surface area (Å²) in [6, 6.07) is 2.65. The second-order valence-corrected chi connectivity index (χ2v) is 7.95. The van der Waals surface area contributed by atoms with Crippen molar-refractivity contribution in [3.8, 4) is 5.75 Å². The zero-order chi connectivity index (χ0) is 22.1. The topological polar surface area (TPSA) is 175 Å². The van der Waals surface area contributed by atoms with Crippen molar-refractivity contribution in [1.29, 1.82) is 0 Å². The average Bonchev–Trinajstić information content (AvgIpc) is 2.64. The molecule has 0 aromatic heterocycles. The Balaban J connectivity index is 1.96. The number of aliphatic hydroxyl groups excluding tert-OH is 2. The number of phenols is 1. The molecule has 1 fully saturated rings. The van der Waals surface area contributed by atoms with E-state index in [1.165, 1.54) is 19.1 Å². The lowest BCUT2D eigenvalue weighted by Crippen LogP contribution is -2.58. The molecule has 156 valence electrons. The Morgan fingerprint density at radius 2 is 1.80 bits per heavy atom. The van der Waals surface area contributed by atoms with Crippen LogP contribution in [0, 0.1) is 11.8 Å². The molecule has 0 spiro atoms. The lowest BCUT2D eigenvalue weighted by atomic mass is 9.59. The molecule has 3 aliphatic carbocycles. The molecule has 9 nitrogen and oxygen atoms in total. The number of aliphatic hydroxyl groups is 3. The molecule has 0 saturated heterocycles. The molecule has 30 heavy (non-hydrogen) atoms. The second-order valence-electron chi connectivity index (χ2n) is 7.95. The number of aromatic hydroxyl groups is 1. The van der Waals surface area contributed by atoms with Gasteiger partial charge in [0.05, 0.1) is 5.56 Å². The molecule has 1 saturated carbocycles. The summed E-state index contributed by atoms with van der Waals surface area (Å²) < 4.78 is 0. The summed E-state index contributed by atoms with van der Waals surface area (Å²) in [5.41, 5.74) is 2.03. The Morgan fingerprint density at radius 3 is 2.40 bits per heavy atom. The lowest BCUT2D eigenvalue weighted by Gasteiger charge is -2.46. The van der Waals surface area contributed by atoms with Gasteiger partial charge in [0.15, 0.2) is 17.2 Å². The molecule has 1 aromatic rings. The SMILES string of the molecule is CC(=O)c1ccc(O)c2c1CC1CC3CC(=O)C(C(N)=O)=C(O)C3(O)C(=O)C1=C2O. The minimum Gasteiger partial charge on any atom is -0.508 e. The maximum Gasteiger partial charge on any atom is 0.255 e. The molecule has 0 aliphatic heterocycles. The molecule has 0 heterocycles. The fraction of sp³-hybridized carbons (Fsp3) is 0.333. The minimum atomic E-state index is -2.59. The fourth-order valence-corrected chi connectivity index (χ4v) is 4.95. The first kappa shape index (κ1) is 19.8. The summed E-state index contributed by atoms with van der Waals surface area (Å²) in [6.45, 7) is 1.34. The van der Waals surface area contributed by atoms with Gasteiger partial charge in [-0.1, -0.05) is 0 Å². The van der Waals surface area contributed by atoms with Crippen LogP contribution in [-0.4, -0.2) is 49.3 Å². The molecule has 0 bridgehead atoms. The van der Waals surface area contributed by atoms with E-state index in [9.17, 15) is 39.6 Å². The van der Waals surface area contributed by atoms with E-state index < -0.39 is 52.0 Å². The zero-order valence-electron chi connectivity index (χ0n) is 15.9. The summed E-state index contributed by atoms with van der Waals surface area (Å²) in [4.78, 5) is 49.2. The highest BCUT2D eigenvalue weighted by Gasteiger charge is 2.60. The number of Topliss-reactive ketones (excluding diaryl/α,β-unsaturated/α-hetero) is 3. The summed E-state index contributed by atoms with van der Waals surface area (Å²) >= 11 is 0. The van der Waals surface area contributed by atoms with E-state index >= 15 is 0 Å². The fourth-order valence-electron chi connectivity index (χ4n) is 4.95. The first-order chi connectivity index (χ1) is 14.0. The van der Waals surface area contributed by atoms with Crippen LogP contribution < -0.4 is 5.73 Å². The number of phenolic OH excluding ortho intramolecular Hbond substituents is 1. The van der Waals surface area contributed by atoms with Gasteiger partial charge in [-0.15, -0.1) is 0 Å². The van der Waals surface area contributed by atoms with Crippen LogP contribution in [0.15, 0.2) is 29.0 Å². The van der Waals surface area contributed by atoms with Crippen molar-refractivity contribution in [3.63, 3.8) is 0 Å². The Bertz CT molecular complexity index is 1130. The quantitative estimate of drug-likeness (QED) is 0.346. The highest BCUT2D eigenvalue weighted by atomic mass is 16.3. The van der Waals surface area contributed by atoms with Crippen molar-refractivity contribution < 1.29 is 39.6 Å². The Labute approximate surface area is 170 Å². The number of hydrogen-bond acceptors (Lipinski definition) is 8. The Hall–Kier alpha value is -3.46. The monoisotopic (exact) mass is 413 g/mol. The number of primary amides is 1. The molecule has 1 amide bonds. The maximum atomic E-state index is 13.3. The Kier molecular flexibility index (Phi) is 4.14. The first-order valence-corrected chi connectivity index (χ1v) is 9.33. The van der Waals surface area contributed by atoms with Gasteiger partial charge in [-0.05, 0) is 43.4 Å². The van der Waals surface area contributed by atoms with Crippen LogP contribution in [0.1, 0.15) is 41.3 Å². The molecule has 4 rings (SSSR count). The zero-order valence-corrected chi connectivity index (χ0v) is 15.9. The van der Waals surface area contributed by atoms with Crippen LogP contribution in [-0.2, 0) is 20.8 Å². The number of hydrogen-bond donors (Lipinski definition) is 5. The van der Waals surface area contributed by atoms with Gasteiger partial charge < -0.3 is 26.2 Å². The van der Waals surface area contributed by atoms with Crippen molar-refractivity contribution >= 4 is 29.0 Å². The van der Waals surface area contributed by atoms with E-state index in [4.69, 9.17) is 5.73 Å². The van der Waals surface area contributed by atoms with Crippen LogP contribution in [0.25, 0.3) is 5.76 Å². The number of ketones is 3. The van der Waals surface area contributed by atoms with Crippen molar-refractivity contribution in [1.82, 2.24) is 0 Å². The van der Waals surface area contributed by atoms with Crippen molar-refractivity contribution in [2.45, 2.75) is 31.8 Å². The van der Waals surface area contributed by atoms with Crippen molar-refractivity contribution in [2.24, 2.45) is 17.6 Å². The normalized spacial score (nSPS) is 28.1. The van der Waals surface area contributed by atoms with E-state index in [0.29, 0.717) is 5.56 Å². The van der Waals surface area contributed by atoms with E-state index in [2.05, 4.69) is 0 Å². The van der Waals surface area contributed by atoms with E-state index in [1.54, 1.807) is 0 Å². The summed E-state index contributed by atoms with van der Waals surface area (Å²) in [7, 11) is 0. The van der Waals surface area contributed by atoms with Crippen molar-refractivity contribution in [2.75, 3.05) is 0 Å². The number of carbonyl (C=O) groups is 4. The van der Waals surface area contributed by atoms with Gasteiger partial charge in [0, 0.05) is 23.5 Å². The number of fused-ring (bicyclic) bond motifs is 3. The average molecular weight is 413 g/mol. The van der Waals surface area contributed by atoms with Gasteiger partial charge in [0.25, 0.3) is 5.91 Å². The standard InChI is InChI=1S/C21H19NO8/c1-7(23)10-2-3-12(24)15-11(10)5-8-4-9-6-13(25)16(20(22)29)19(28)21(9,30)18(27)14(8)17(15)26/h2-3,8-9,24,26,28,30H,4-6H2,1H3,(H2,22,29). The smallest absolute Gasteiger partial charge is 0.255 e. The van der Waals surface area contributed by atoms with Gasteiger partial charge >= 0.3 is 0 Å². The molecule has 3 aliphatic rings. The number of benzene rings is 1. The van der Waals surface area contributed by atoms with Crippen LogP contribution in [0.3, 0.4) is 0 Å². The molecule has 9 heteroatoms. The highest BCUT2D eigenvalue weighted by molar-refractivity contribution is 6.22. The van der Waals surface area contributed by atoms with Crippen molar-refractivity contribution in [3.05, 3.63) is 45.7 Å². The van der Waals surface area contributed by atoms with Crippen LogP contribution in [0.5, 0.6) is 5.75 Å². The third-order valence-electron chi connectivity index (χ3n) is 6.33. The molecule has 0 radical (unpaired) electrons. The molecule has 6 N–H and O–H groups in total. The van der Waals surface area contributed by atoms with Gasteiger partial charge in [-0.25, -0.2) is 0 Å². The largest absolute Gasteiger partial charge is 0.508 e. The Morgan fingerprint density at radius 1 is 1.13 bits per heavy atom. The van der Waals surface area contributed by atoms with Crippen LogP contribution in [0.4, 0.5) is 0 Å². The summed E-state index contributed by atoms with van der Waals surface area (Å²) in [5, 5.41) is 42.7. The number of carbonyl (C=O) groups excluding carboxylic acids is 4. The predicted molar refractivity (Wildman–Crippen MR) is 101 cm³/mol. The second kappa shape index (κ2) is 6.27. The number of nitrogens with two attached hydrogens (primary N) is 1. The molecule has 3 unspecified atom stereocenters. The van der Waals surface area contributed by atoms with Gasteiger partial charge in [0.2, 0.25) is 5.78 Å². The van der Waals surface area contributed by atoms with Gasteiger partial charge in [-0.2, -0.15) is 0 Å². The van der Waals surface area contributed by atoms with Gasteiger partial charge in [-0.3, -0.25) is 19.2 Å². The number of amides is 1. The van der Waals surface area contributed by atoms with Crippen LogP contribution >= 0.6 is 0 Å². The lowest BCUT2D eigenvalue weighted by molar-refractivity contribution is -0.147. The van der Waals surface area contributed by atoms with E-state index in [1.807, 2.05) is 0 Å². The third kappa shape index (κ3) is 2.38. The molecule has 3 atom stereocenters. The summed E-state index contributed by atoms with van der Waals surface area (Å²) in [6.07, 6.45) is -0.255. The maximum absolute atomic E-state index is 13.3. The minimum absolute atomic E-state index is 0.0237. The van der Waals surface area contributed by atoms with E-state index in [-0.39, 0.29) is 47.5 Å². The third-order valence-corrected chi connectivity index (χ3v) is 6.33.